The maximum atomic E-state index is 10.8. The van der Waals surface area contributed by atoms with E-state index in [4.69, 9.17) is 19.3 Å². The largest absolute Gasteiger partial charge is 0.497 e. The van der Waals surface area contributed by atoms with Gasteiger partial charge in [0.05, 0.1) is 33.9 Å². The van der Waals surface area contributed by atoms with Crippen molar-refractivity contribution >= 4 is 51.2 Å². The molecule has 0 radical (unpaired) electrons. The summed E-state index contributed by atoms with van der Waals surface area (Å²) in [5.74, 6) is 0.799. The molecule has 0 aliphatic rings. The maximum Gasteiger partial charge on any atom is 0.341 e. The zero-order valence-corrected chi connectivity index (χ0v) is 18.4. The molecular formula is C21H18IN3O5. The van der Waals surface area contributed by atoms with Crippen LogP contribution in [-0.2, 0) is 4.79 Å². The molecule has 154 valence electrons. The molecule has 0 aliphatic carbocycles. The van der Waals surface area contributed by atoms with Crippen molar-refractivity contribution in [3.8, 4) is 23.3 Å². The highest BCUT2D eigenvalue weighted by atomic mass is 127. The topological polar surface area (TPSA) is 117 Å². The van der Waals surface area contributed by atoms with Gasteiger partial charge < -0.3 is 24.3 Å². The molecule has 0 unspecified atom stereocenters. The molecule has 0 spiro atoms. The van der Waals surface area contributed by atoms with Crippen molar-refractivity contribution in [1.29, 1.82) is 5.26 Å². The standard InChI is InChI=1S/C21H18IN3O5/c1-3-29-18-8-12(7-15(22)20(18)30-11-19(26)27)6-13(10-23)21-24-16-5-4-14(28-2)9-17(16)25-21/h4-9H,3,11H2,1-2H3,(H,24,25)(H,26,27)/b13-6-. The van der Waals surface area contributed by atoms with Crippen LogP contribution >= 0.6 is 22.6 Å². The molecule has 30 heavy (non-hydrogen) atoms. The first-order valence-electron chi connectivity index (χ1n) is 8.92. The highest BCUT2D eigenvalue weighted by molar-refractivity contribution is 14.1. The number of nitriles is 1. The number of nitrogens with one attached hydrogen (secondary N) is 1. The lowest BCUT2D eigenvalue weighted by Gasteiger charge is -2.13. The van der Waals surface area contributed by atoms with Crippen molar-refractivity contribution < 1.29 is 24.1 Å². The summed E-state index contributed by atoms with van der Waals surface area (Å²) in [5, 5.41) is 18.6. The number of carboxylic acids is 1. The SMILES string of the molecule is CCOc1cc(/C=C(/C#N)c2nc3ccc(OC)cc3[nH]2)cc(I)c1OCC(=O)O. The van der Waals surface area contributed by atoms with Gasteiger partial charge in [-0.2, -0.15) is 5.26 Å². The van der Waals surface area contributed by atoms with E-state index in [9.17, 15) is 10.1 Å². The van der Waals surface area contributed by atoms with Gasteiger partial charge in [0.25, 0.3) is 0 Å². The smallest absolute Gasteiger partial charge is 0.341 e. The fourth-order valence-electron chi connectivity index (χ4n) is 2.77. The monoisotopic (exact) mass is 519 g/mol. The second kappa shape index (κ2) is 9.49. The Morgan fingerprint density at radius 1 is 1.33 bits per heavy atom. The van der Waals surface area contributed by atoms with E-state index < -0.39 is 12.6 Å². The van der Waals surface area contributed by atoms with Crippen LogP contribution in [0.15, 0.2) is 30.3 Å². The van der Waals surface area contributed by atoms with Crippen molar-refractivity contribution in [2.24, 2.45) is 0 Å². The molecule has 2 N–H and O–H groups in total. The minimum atomic E-state index is -1.08. The number of aromatic amines is 1. The number of halogens is 1. The van der Waals surface area contributed by atoms with E-state index in [1.165, 1.54) is 0 Å². The van der Waals surface area contributed by atoms with Crippen LogP contribution in [0.25, 0.3) is 22.7 Å². The van der Waals surface area contributed by atoms with Crippen LogP contribution in [-0.4, -0.2) is 41.4 Å². The van der Waals surface area contributed by atoms with Crippen LogP contribution in [0, 0.1) is 14.9 Å². The second-order valence-corrected chi connectivity index (χ2v) is 7.25. The van der Waals surface area contributed by atoms with Crippen LogP contribution in [0.3, 0.4) is 0 Å². The molecule has 1 aromatic heterocycles. The van der Waals surface area contributed by atoms with Crippen LogP contribution in [0.5, 0.6) is 17.2 Å². The predicted octanol–water partition coefficient (Wildman–Crippen LogP) is 4.10. The lowest BCUT2D eigenvalue weighted by molar-refractivity contribution is -0.139. The average molecular weight is 519 g/mol. The third kappa shape index (κ3) is 4.83. The summed E-state index contributed by atoms with van der Waals surface area (Å²) in [6.07, 6.45) is 1.68. The minimum absolute atomic E-state index is 0.336. The number of nitrogens with zero attached hydrogens (tertiary/aromatic N) is 2. The summed E-state index contributed by atoms with van der Waals surface area (Å²) in [4.78, 5) is 18.5. The van der Waals surface area contributed by atoms with Gasteiger partial charge in [0.2, 0.25) is 0 Å². The molecule has 0 saturated heterocycles. The van der Waals surface area contributed by atoms with Crippen molar-refractivity contribution in [3.63, 3.8) is 0 Å². The maximum absolute atomic E-state index is 10.8. The number of aromatic nitrogens is 2. The first-order chi connectivity index (χ1) is 14.4. The first kappa shape index (κ1) is 21.4. The van der Waals surface area contributed by atoms with E-state index in [1.54, 1.807) is 31.4 Å². The van der Waals surface area contributed by atoms with E-state index in [0.29, 0.717) is 49.9 Å². The Morgan fingerprint density at radius 2 is 2.13 bits per heavy atom. The van der Waals surface area contributed by atoms with E-state index in [-0.39, 0.29) is 0 Å². The molecule has 0 saturated carbocycles. The van der Waals surface area contributed by atoms with Crippen LogP contribution in [0.1, 0.15) is 18.3 Å². The summed E-state index contributed by atoms with van der Waals surface area (Å²) in [7, 11) is 1.58. The Bertz CT molecular complexity index is 1160. The number of H-pyrrole nitrogens is 1. The number of fused-ring (bicyclic) bond motifs is 1. The lowest BCUT2D eigenvalue weighted by atomic mass is 10.1. The molecule has 3 rings (SSSR count). The zero-order chi connectivity index (χ0) is 21.7. The molecule has 2 aromatic carbocycles. The summed E-state index contributed by atoms with van der Waals surface area (Å²) in [6.45, 7) is 1.72. The molecule has 3 aromatic rings. The molecule has 9 heteroatoms. The molecule has 1 heterocycles. The first-order valence-corrected chi connectivity index (χ1v) is 9.99. The van der Waals surface area contributed by atoms with Crippen LogP contribution < -0.4 is 14.2 Å². The van der Waals surface area contributed by atoms with Gasteiger partial charge >= 0.3 is 5.97 Å². The lowest BCUT2D eigenvalue weighted by Crippen LogP contribution is -2.11. The van der Waals surface area contributed by atoms with Gasteiger partial charge in [-0.3, -0.25) is 0 Å². The van der Waals surface area contributed by atoms with E-state index >= 15 is 0 Å². The number of aliphatic carboxylic acids is 1. The number of methoxy groups -OCH3 is 1. The quantitative estimate of drug-likeness (QED) is 0.340. The number of hydrogen-bond acceptors (Lipinski definition) is 6. The number of imidazole rings is 1. The third-order valence-electron chi connectivity index (χ3n) is 4.05. The summed E-state index contributed by atoms with van der Waals surface area (Å²) < 4.78 is 16.9. The molecule has 0 fully saturated rings. The number of allylic oxidation sites excluding steroid dienone is 1. The Morgan fingerprint density at radius 3 is 2.80 bits per heavy atom. The van der Waals surface area contributed by atoms with E-state index in [1.807, 2.05) is 41.6 Å². The molecule has 0 aliphatic heterocycles. The molecule has 0 amide bonds. The van der Waals surface area contributed by atoms with Gasteiger partial charge in [-0.15, -0.1) is 0 Å². The highest BCUT2D eigenvalue weighted by Crippen LogP contribution is 2.35. The van der Waals surface area contributed by atoms with E-state index in [0.717, 1.165) is 5.52 Å². The van der Waals surface area contributed by atoms with Crippen LogP contribution in [0.4, 0.5) is 0 Å². The van der Waals surface area contributed by atoms with Crippen molar-refractivity contribution in [1.82, 2.24) is 9.97 Å². The number of benzene rings is 2. The Balaban J connectivity index is 2.01. The van der Waals surface area contributed by atoms with Crippen molar-refractivity contribution in [2.45, 2.75) is 6.92 Å². The summed E-state index contributed by atoms with van der Waals surface area (Å²) in [5.41, 5.74) is 2.50. The second-order valence-electron chi connectivity index (χ2n) is 6.08. The Labute approximate surface area is 186 Å². The molecule has 0 atom stereocenters. The van der Waals surface area contributed by atoms with Crippen LogP contribution in [0.2, 0.25) is 0 Å². The Hall–Kier alpha value is -3.26. The number of carbonyl (C=O) groups is 1. The highest BCUT2D eigenvalue weighted by Gasteiger charge is 2.15. The molecular weight excluding hydrogens is 501 g/mol. The number of rotatable bonds is 8. The molecule has 0 bridgehead atoms. The Kier molecular flexibility index (Phi) is 6.79. The normalized spacial score (nSPS) is 11.2. The van der Waals surface area contributed by atoms with Gasteiger partial charge in [-0.1, -0.05) is 0 Å². The third-order valence-corrected chi connectivity index (χ3v) is 4.85. The summed E-state index contributed by atoms with van der Waals surface area (Å²) >= 11 is 2.04. The fraction of sp³-hybridized carbons (Fsp3) is 0.190. The molecule has 8 nitrogen and oxygen atoms in total. The van der Waals surface area contributed by atoms with Gasteiger partial charge in [0.1, 0.15) is 17.6 Å². The van der Waals surface area contributed by atoms with Gasteiger partial charge in [0.15, 0.2) is 18.1 Å². The number of hydrogen-bond donors (Lipinski definition) is 2. The van der Waals surface area contributed by atoms with Gasteiger partial charge in [-0.05, 0) is 65.4 Å². The number of ether oxygens (including phenoxy) is 3. The van der Waals surface area contributed by atoms with Crippen molar-refractivity contribution in [3.05, 3.63) is 45.3 Å². The fourth-order valence-corrected chi connectivity index (χ4v) is 3.55. The zero-order valence-electron chi connectivity index (χ0n) is 16.2. The van der Waals surface area contributed by atoms with Gasteiger partial charge in [0, 0.05) is 6.07 Å². The van der Waals surface area contributed by atoms with Crippen molar-refractivity contribution in [2.75, 3.05) is 20.3 Å². The van der Waals surface area contributed by atoms with Gasteiger partial charge in [-0.25, -0.2) is 9.78 Å². The predicted molar refractivity (Wildman–Crippen MR) is 120 cm³/mol. The average Bonchev–Trinajstić information content (AvgIpc) is 3.14. The van der Waals surface area contributed by atoms with E-state index in [2.05, 4.69) is 16.0 Å². The summed E-state index contributed by atoms with van der Waals surface area (Å²) in [6, 6.07) is 11.1. The number of carboxylic acid groups (broad SMARTS) is 1. The minimum Gasteiger partial charge on any atom is -0.497 e.